The lowest BCUT2D eigenvalue weighted by atomic mass is 9.85. The number of aromatic nitrogens is 4. The van der Waals surface area contributed by atoms with Crippen LogP contribution in [0.15, 0.2) is 12.1 Å². The molecule has 1 fully saturated rings. The number of rotatable bonds is 6. The number of benzene rings is 1. The molecule has 1 saturated heterocycles. The lowest BCUT2D eigenvalue weighted by Crippen LogP contribution is -2.51. The van der Waals surface area contributed by atoms with Gasteiger partial charge in [-0.15, -0.1) is 0 Å². The van der Waals surface area contributed by atoms with Gasteiger partial charge in [0.15, 0.2) is 11.6 Å². The second kappa shape index (κ2) is 9.46. The summed E-state index contributed by atoms with van der Waals surface area (Å²) in [7, 11) is 0. The first-order chi connectivity index (χ1) is 16.5. The number of likely N-dealkylation sites (N-methyl/N-ethyl adjacent to an activating group) is 1. The molecule has 1 aliphatic carbocycles. The molecule has 0 bridgehead atoms. The van der Waals surface area contributed by atoms with E-state index in [0.29, 0.717) is 61.3 Å². The first-order valence-corrected chi connectivity index (χ1v) is 12.4. The van der Waals surface area contributed by atoms with Gasteiger partial charge in [-0.1, -0.05) is 13.3 Å². The molecular weight excluding hydrogens is 435 g/mol. The number of nitrogens with one attached hydrogen (secondary N) is 2. The summed E-state index contributed by atoms with van der Waals surface area (Å²) >= 11 is 0. The highest BCUT2D eigenvalue weighted by Gasteiger charge is 2.29. The van der Waals surface area contributed by atoms with E-state index in [0.717, 1.165) is 37.1 Å². The van der Waals surface area contributed by atoms with E-state index in [1.54, 1.807) is 11.0 Å². The number of imidazole rings is 1. The number of aromatic amines is 2. The Morgan fingerprint density at radius 3 is 2.85 bits per heavy atom. The zero-order valence-electron chi connectivity index (χ0n) is 20.2. The van der Waals surface area contributed by atoms with Gasteiger partial charge in [-0.25, -0.2) is 9.37 Å². The monoisotopic (exact) mass is 468 g/mol. The van der Waals surface area contributed by atoms with E-state index in [2.05, 4.69) is 27.0 Å². The van der Waals surface area contributed by atoms with Crippen LogP contribution < -0.4 is 4.90 Å². The molecule has 9 heteroatoms. The van der Waals surface area contributed by atoms with E-state index in [-0.39, 0.29) is 11.9 Å². The van der Waals surface area contributed by atoms with Crippen LogP contribution in [-0.2, 0) is 22.4 Å². The number of amides is 1. The van der Waals surface area contributed by atoms with E-state index in [1.165, 1.54) is 11.6 Å². The summed E-state index contributed by atoms with van der Waals surface area (Å²) in [6.07, 6.45) is 4.23. The summed E-state index contributed by atoms with van der Waals surface area (Å²) in [5, 5.41) is 7.67. The highest BCUT2D eigenvalue weighted by molar-refractivity contribution is 5.98. The average molecular weight is 469 g/mol. The molecule has 2 aromatic heterocycles. The number of H-pyrrole nitrogens is 2. The van der Waals surface area contributed by atoms with Gasteiger partial charge in [-0.3, -0.25) is 14.8 Å². The van der Waals surface area contributed by atoms with Crippen molar-refractivity contribution in [2.24, 2.45) is 5.92 Å². The van der Waals surface area contributed by atoms with Gasteiger partial charge < -0.3 is 14.6 Å². The lowest BCUT2D eigenvalue weighted by molar-refractivity contribution is -0.124. The maximum absolute atomic E-state index is 15.2. The van der Waals surface area contributed by atoms with Crippen molar-refractivity contribution in [3.8, 4) is 11.5 Å². The minimum absolute atomic E-state index is 0.0501. The molecule has 2 N–H and O–H groups in total. The van der Waals surface area contributed by atoms with Crippen molar-refractivity contribution in [3.05, 3.63) is 29.2 Å². The van der Waals surface area contributed by atoms with Gasteiger partial charge in [0.2, 0.25) is 5.91 Å². The molecule has 0 unspecified atom stereocenters. The Morgan fingerprint density at radius 2 is 2.12 bits per heavy atom. The Kier molecular flexibility index (Phi) is 6.40. The smallest absolute Gasteiger partial charge is 0.244 e. The van der Waals surface area contributed by atoms with Gasteiger partial charge in [-0.05, 0) is 51.2 Å². The van der Waals surface area contributed by atoms with Crippen molar-refractivity contribution in [1.82, 2.24) is 25.1 Å². The summed E-state index contributed by atoms with van der Waals surface area (Å²) < 4.78 is 20.6. The molecule has 34 heavy (non-hydrogen) atoms. The molecule has 0 radical (unpaired) electrons. The quantitative estimate of drug-likeness (QED) is 0.576. The molecule has 2 atom stereocenters. The van der Waals surface area contributed by atoms with E-state index in [4.69, 9.17) is 9.72 Å². The summed E-state index contributed by atoms with van der Waals surface area (Å²) in [5.41, 5.74) is 4.46. The number of nitrogens with zero attached hydrogens (tertiary/aromatic N) is 4. The Hall–Kier alpha value is -2.78. The van der Waals surface area contributed by atoms with Gasteiger partial charge in [0.25, 0.3) is 0 Å². The third-order valence-electron chi connectivity index (χ3n) is 7.42. The number of anilines is 1. The van der Waals surface area contributed by atoms with Crippen LogP contribution in [0, 0.1) is 11.7 Å². The Balaban J connectivity index is 1.46. The number of carbonyl (C=O) groups excluding carboxylic acids is 1. The molecule has 8 nitrogen and oxygen atoms in total. The van der Waals surface area contributed by atoms with Crippen LogP contribution in [-0.4, -0.2) is 69.9 Å². The normalized spacial score (nSPS) is 19.8. The zero-order chi connectivity index (χ0) is 23.8. The maximum atomic E-state index is 15.2. The third kappa shape index (κ3) is 4.11. The zero-order valence-corrected chi connectivity index (χ0v) is 20.2. The molecule has 1 aromatic carbocycles. The van der Waals surface area contributed by atoms with Crippen LogP contribution in [0.25, 0.3) is 22.6 Å². The van der Waals surface area contributed by atoms with E-state index in [9.17, 15) is 4.79 Å². The standard InChI is InChI=1S/C25H33FN6O2/c1-4-16-6-7-20-18(12-16)22(30-29-20)24-27-21-14-17(13-19(26)23(21)28-24)32(5-2)25(33)15(3)31-8-10-34-11-9-31/h13-16H,4-12H2,1-3H3,(H,27,28)(H,29,30)/t15-,16-/m0/s1. The number of aryl methyl sites for hydroxylation is 1. The largest absolute Gasteiger partial charge is 0.379 e. The molecule has 0 saturated carbocycles. The fraction of sp³-hybridized carbons (Fsp3) is 0.560. The topological polar surface area (TPSA) is 90.1 Å². The molecule has 182 valence electrons. The Labute approximate surface area is 198 Å². The van der Waals surface area contributed by atoms with Crippen LogP contribution in [0.3, 0.4) is 0 Å². The number of fused-ring (bicyclic) bond motifs is 2. The van der Waals surface area contributed by atoms with Crippen LogP contribution in [0.2, 0.25) is 0 Å². The third-order valence-corrected chi connectivity index (χ3v) is 7.42. The number of ether oxygens (including phenoxy) is 1. The summed E-state index contributed by atoms with van der Waals surface area (Å²) in [6, 6.07) is 2.91. The summed E-state index contributed by atoms with van der Waals surface area (Å²) in [4.78, 5) is 24.9. The van der Waals surface area contributed by atoms with Crippen molar-refractivity contribution in [2.45, 2.75) is 52.5 Å². The minimum atomic E-state index is -0.424. The van der Waals surface area contributed by atoms with Gasteiger partial charge >= 0.3 is 0 Å². The molecular formula is C25H33FN6O2. The van der Waals surface area contributed by atoms with E-state index < -0.39 is 5.82 Å². The predicted octanol–water partition coefficient (Wildman–Crippen LogP) is 3.68. The van der Waals surface area contributed by atoms with E-state index in [1.807, 2.05) is 13.8 Å². The molecule has 1 aliphatic heterocycles. The van der Waals surface area contributed by atoms with Crippen LogP contribution in [0.4, 0.5) is 10.1 Å². The fourth-order valence-corrected chi connectivity index (χ4v) is 5.25. The summed E-state index contributed by atoms with van der Waals surface area (Å²) in [5.74, 6) is 0.726. The number of morpholine rings is 1. The maximum Gasteiger partial charge on any atom is 0.244 e. The highest BCUT2D eigenvalue weighted by atomic mass is 19.1. The van der Waals surface area contributed by atoms with Gasteiger partial charge in [0.1, 0.15) is 11.2 Å². The first kappa shape index (κ1) is 23.0. The number of halogens is 1. The van der Waals surface area contributed by atoms with Gasteiger partial charge in [0.05, 0.1) is 24.8 Å². The SMILES string of the molecule is CC[C@H]1CCc2[nH]nc(-c3nc4cc(N(CC)C(=O)[C@H](C)N5CCOCC5)cc(F)c4[nH]3)c2C1. The highest BCUT2D eigenvalue weighted by Crippen LogP contribution is 2.34. The average Bonchev–Trinajstić information content (AvgIpc) is 3.48. The van der Waals surface area contributed by atoms with Crippen molar-refractivity contribution >= 4 is 22.6 Å². The number of hydrogen-bond donors (Lipinski definition) is 2. The predicted molar refractivity (Wildman–Crippen MR) is 129 cm³/mol. The summed E-state index contributed by atoms with van der Waals surface area (Å²) in [6.45, 7) is 9.15. The number of hydrogen-bond acceptors (Lipinski definition) is 5. The second-order valence-corrected chi connectivity index (χ2v) is 9.36. The minimum Gasteiger partial charge on any atom is -0.379 e. The molecule has 0 spiro atoms. The second-order valence-electron chi connectivity index (χ2n) is 9.36. The Bertz CT molecular complexity index is 1180. The van der Waals surface area contributed by atoms with Gasteiger partial charge in [0, 0.05) is 36.6 Å². The van der Waals surface area contributed by atoms with E-state index >= 15 is 4.39 Å². The fourth-order valence-electron chi connectivity index (χ4n) is 5.25. The van der Waals surface area contributed by atoms with Crippen LogP contribution >= 0.6 is 0 Å². The van der Waals surface area contributed by atoms with Crippen LogP contribution in [0.5, 0.6) is 0 Å². The molecule has 3 heterocycles. The number of carbonyl (C=O) groups is 1. The van der Waals surface area contributed by atoms with Crippen molar-refractivity contribution in [3.63, 3.8) is 0 Å². The van der Waals surface area contributed by atoms with Gasteiger partial charge in [-0.2, -0.15) is 5.10 Å². The molecule has 5 rings (SSSR count). The van der Waals surface area contributed by atoms with Crippen LogP contribution in [0.1, 0.15) is 44.9 Å². The van der Waals surface area contributed by atoms with Crippen molar-refractivity contribution < 1.29 is 13.9 Å². The van der Waals surface area contributed by atoms with Crippen molar-refractivity contribution in [1.29, 1.82) is 0 Å². The molecule has 3 aromatic rings. The Morgan fingerprint density at radius 1 is 1.32 bits per heavy atom. The first-order valence-electron chi connectivity index (χ1n) is 12.4. The lowest BCUT2D eigenvalue weighted by Gasteiger charge is -2.34. The molecule has 2 aliphatic rings. The van der Waals surface area contributed by atoms with Crippen molar-refractivity contribution in [2.75, 3.05) is 37.7 Å². The molecule has 1 amide bonds.